The molecule has 0 aromatic rings. The molecule has 0 bridgehead atoms. The molecule has 1 unspecified atom stereocenters. The maximum Gasteiger partial charge on any atom is 0.0591 e. The number of rotatable bonds is 8. The zero-order valence-corrected chi connectivity index (χ0v) is 11.5. The van der Waals surface area contributed by atoms with Crippen molar-refractivity contribution >= 4 is 45.2 Å². The van der Waals surface area contributed by atoms with Crippen LogP contribution in [-0.4, -0.2) is 33.3 Å². The summed E-state index contributed by atoms with van der Waals surface area (Å²) in [5.41, 5.74) is 0. The minimum Gasteiger partial charge on any atom is -0.396 e. The summed E-state index contributed by atoms with van der Waals surface area (Å²) in [7, 11) is 0. The smallest absolute Gasteiger partial charge is 0.0591 e. The Morgan fingerprint density at radius 1 is 1.25 bits per heavy atom. The van der Waals surface area contributed by atoms with Crippen molar-refractivity contribution in [2.45, 2.75) is 23.2 Å². The van der Waals surface area contributed by atoms with Gasteiger partial charge in [0.1, 0.15) is 0 Å². The molecule has 0 aliphatic rings. The Bertz CT molecular complexity index is 91.1. The van der Waals surface area contributed by atoms with Gasteiger partial charge >= 0.3 is 0 Å². The van der Waals surface area contributed by atoms with Crippen LogP contribution in [0.25, 0.3) is 0 Å². The number of hydrogen-bond acceptors (Lipinski definition) is 2. The zero-order chi connectivity index (χ0) is 9.23. The predicted octanol–water partition coefficient (Wildman–Crippen LogP) is 2.40. The topological polar surface area (TPSA) is 29.5 Å². The summed E-state index contributed by atoms with van der Waals surface area (Å²) in [5, 5.41) is 8.51. The third kappa shape index (κ3) is 9.47. The summed E-state index contributed by atoms with van der Waals surface area (Å²) in [4.78, 5) is 0. The summed E-state index contributed by atoms with van der Waals surface area (Å²) in [6.07, 6.45) is 3.06. The van der Waals surface area contributed by atoms with E-state index in [1.165, 1.54) is 0 Å². The summed E-state index contributed by atoms with van der Waals surface area (Å²) in [6, 6.07) is 0. The monoisotopic (exact) mass is 398 g/mol. The van der Waals surface area contributed by atoms with Crippen molar-refractivity contribution in [1.82, 2.24) is 0 Å². The lowest BCUT2D eigenvalue weighted by Gasteiger charge is -2.06. The number of aliphatic hydroxyl groups is 1. The summed E-state index contributed by atoms with van der Waals surface area (Å²) >= 11 is 4.77. The fourth-order valence-corrected chi connectivity index (χ4v) is 1.26. The Hall–Kier alpha value is 1.38. The van der Waals surface area contributed by atoms with Crippen LogP contribution in [0.1, 0.15) is 19.3 Å². The van der Waals surface area contributed by atoms with E-state index >= 15 is 0 Å². The molecule has 4 heteroatoms. The highest BCUT2D eigenvalue weighted by Crippen LogP contribution is 2.05. The Balaban J connectivity index is 2.90. The average molecular weight is 398 g/mol. The second-order valence-electron chi connectivity index (χ2n) is 2.61. The maximum atomic E-state index is 8.51. The highest BCUT2D eigenvalue weighted by Gasteiger charge is 2.00. The average Bonchev–Trinajstić information content (AvgIpc) is 2.10. The molecular weight excluding hydrogens is 382 g/mol. The first-order valence-electron chi connectivity index (χ1n) is 4.20. The molecule has 0 aromatic carbocycles. The molecule has 2 nitrogen and oxygen atoms in total. The third-order valence-corrected chi connectivity index (χ3v) is 4.96. The fourth-order valence-electron chi connectivity index (χ4n) is 0.748. The van der Waals surface area contributed by atoms with E-state index < -0.39 is 0 Å². The Morgan fingerprint density at radius 2 is 2.00 bits per heavy atom. The predicted molar refractivity (Wildman–Crippen MR) is 68.5 cm³/mol. The van der Waals surface area contributed by atoms with Crippen LogP contribution in [0.4, 0.5) is 0 Å². The Labute approximate surface area is 102 Å². The summed E-state index contributed by atoms with van der Waals surface area (Å²) < 4.78 is 7.23. The van der Waals surface area contributed by atoms with Crippen molar-refractivity contribution in [3.63, 3.8) is 0 Å². The molecule has 0 aromatic heterocycles. The molecule has 74 valence electrons. The van der Waals surface area contributed by atoms with Gasteiger partial charge in [0.05, 0.1) is 6.61 Å². The molecule has 0 heterocycles. The van der Waals surface area contributed by atoms with Gasteiger partial charge in [-0.25, -0.2) is 0 Å². The van der Waals surface area contributed by atoms with Crippen LogP contribution >= 0.6 is 45.2 Å². The molecule has 0 saturated heterocycles. The van der Waals surface area contributed by atoms with Crippen molar-refractivity contribution in [2.24, 2.45) is 0 Å². The Morgan fingerprint density at radius 3 is 2.58 bits per heavy atom. The molecule has 0 fully saturated rings. The highest BCUT2D eigenvalue weighted by atomic mass is 127. The van der Waals surface area contributed by atoms with Gasteiger partial charge in [-0.1, -0.05) is 45.2 Å². The maximum absolute atomic E-state index is 8.51. The van der Waals surface area contributed by atoms with Gasteiger partial charge in [0.15, 0.2) is 0 Å². The first-order valence-corrected chi connectivity index (χ1v) is 6.97. The molecule has 0 aliphatic heterocycles. The minimum absolute atomic E-state index is 0.308. The molecular formula is C8H16I2O2. The van der Waals surface area contributed by atoms with E-state index in [-0.39, 0.29) is 0 Å². The SMILES string of the molecule is OCCCCCOCC(I)CI. The van der Waals surface area contributed by atoms with Crippen LogP contribution in [0, 0.1) is 0 Å². The molecule has 0 aliphatic carbocycles. The van der Waals surface area contributed by atoms with E-state index in [2.05, 4.69) is 45.2 Å². The second kappa shape index (κ2) is 10.5. The van der Waals surface area contributed by atoms with E-state index in [0.29, 0.717) is 10.5 Å². The largest absolute Gasteiger partial charge is 0.396 e. The van der Waals surface area contributed by atoms with Crippen LogP contribution in [-0.2, 0) is 4.74 Å². The normalized spacial score (nSPS) is 13.2. The van der Waals surface area contributed by atoms with Gasteiger partial charge in [-0.05, 0) is 19.3 Å². The summed E-state index contributed by atoms with van der Waals surface area (Å²) in [6.45, 7) is 2.02. The highest BCUT2D eigenvalue weighted by molar-refractivity contribution is 14.1. The number of aliphatic hydroxyl groups excluding tert-OH is 1. The molecule has 1 atom stereocenters. The van der Waals surface area contributed by atoms with E-state index in [1.807, 2.05) is 0 Å². The lowest BCUT2D eigenvalue weighted by atomic mass is 10.2. The number of alkyl halides is 2. The van der Waals surface area contributed by atoms with Crippen molar-refractivity contribution in [3.8, 4) is 0 Å². The zero-order valence-electron chi connectivity index (χ0n) is 7.14. The van der Waals surface area contributed by atoms with E-state index in [4.69, 9.17) is 9.84 Å². The molecule has 0 radical (unpaired) electrons. The van der Waals surface area contributed by atoms with Gasteiger partial charge in [-0.15, -0.1) is 0 Å². The van der Waals surface area contributed by atoms with Gasteiger partial charge in [-0.2, -0.15) is 0 Å². The molecule has 0 saturated carbocycles. The van der Waals surface area contributed by atoms with Gasteiger partial charge in [0.2, 0.25) is 0 Å². The lowest BCUT2D eigenvalue weighted by Crippen LogP contribution is -2.10. The first-order chi connectivity index (χ1) is 5.81. The number of hydrogen-bond donors (Lipinski definition) is 1. The van der Waals surface area contributed by atoms with E-state index in [9.17, 15) is 0 Å². The van der Waals surface area contributed by atoms with Crippen LogP contribution in [0.5, 0.6) is 0 Å². The van der Waals surface area contributed by atoms with Crippen molar-refractivity contribution < 1.29 is 9.84 Å². The van der Waals surface area contributed by atoms with Gasteiger partial charge in [0.25, 0.3) is 0 Å². The number of unbranched alkanes of at least 4 members (excludes halogenated alkanes) is 2. The first kappa shape index (κ1) is 13.4. The molecule has 0 rings (SSSR count). The van der Waals surface area contributed by atoms with Gasteiger partial charge in [0, 0.05) is 21.6 Å². The Kier molecular flexibility index (Phi) is 11.7. The second-order valence-corrected chi connectivity index (χ2v) is 5.25. The third-order valence-electron chi connectivity index (χ3n) is 1.41. The molecule has 1 N–H and O–H groups in total. The quantitative estimate of drug-likeness (QED) is 0.387. The van der Waals surface area contributed by atoms with E-state index in [1.54, 1.807) is 0 Å². The molecule has 0 amide bonds. The van der Waals surface area contributed by atoms with E-state index in [0.717, 1.165) is 36.9 Å². The molecule has 0 spiro atoms. The van der Waals surface area contributed by atoms with Crippen LogP contribution in [0.3, 0.4) is 0 Å². The van der Waals surface area contributed by atoms with Gasteiger partial charge in [-0.3, -0.25) is 0 Å². The standard InChI is InChI=1S/C8H16I2O2/c9-6-8(10)7-12-5-3-1-2-4-11/h8,11H,1-7H2. The lowest BCUT2D eigenvalue weighted by molar-refractivity contribution is 0.135. The number of halogens is 2. The van der Waals surface area contributed by atoms with Crippen molar-refractivity contribution in [1.29, 1.82) is 0 Å². The van der Waals surface area contributed by atoms with Crippen LogP contribution < -0.4 is 0 Å². The van der Waals surface area contributed by atoms with Crippen LogP contribution in [0.15, 0.2) is 0 Å². The fraction of sp³-hybridized carbons (Fsp3) is 1.00. The summed E-state index contributed by atoms with van der Waals surface area (Å²) in [5.74, 6) is 0. The van der Waals surface area contributed by atoms with Crippen LogP contribution in [0.2, 0.25) is 0 Å². The number of ether oxygens (including phenoxy) is 1. The van der Waals surface area contributed by atoms with Crippen molar-refractivity contribution in [2.75, 3.05) is 24.2 Å². The van der Waals surface area contributed by atoms with Gasteiger partial charge < -0.3 is 9.84 Å². The van der Waals surface area contributed by atoms with Crippen molar-refractivity contribution in [3.05, 3.63) is 0 Å². The molecule has 12 heavy (non-hydrogen) atoms. The minimum atomic E-state index is 0.308.